The molecule has 1 aliphatic rings. The summed E-state index contributed by atoms with van der Waals surface area (Å²) in [4.78, 5) is 4.83. The smallest absolute Gasteiger partial charge is 0.123 e. The van der Waals surface area contributed by atoms with E-state index < -0.39 is 0 Å². The summed E-state index contributed by atoms with van der Waals surface area (Å²) in [6.07, 6.45) is 0. The van der Waals surface area contributed by atoms with Crippen molar-refractivity contribution in [3.8, 4) is 11.5 Å². The minimum absolute atomic E-state index is 0.152. The topological polar surface area (TPSA) is 51.0 Å². The quantitative estimate of drug-likeness (QED) is 0.888. The van der Waals surface area contributed by atoms with Gasteiger partial charge in [0, 0.05) is 37.8 Å². The van der Waals surface area contributed by atoms with E-state index in [0.29, 0.717) is 12.6 Å². The Labute approximate surface area is 127 Å². The van der Waals surface area contributed by atoms with Crippen molar-refractivity contribution in [3.05, 3.63) is 23.8 Å². The third-order valence-corrected chi connectivity index (χ3v) is 4.30. The molecule has 118 valence electrons. The Morgan fingerprint density at radius 3 is 2.62 bits per heavy atom. The van der Waals surface area contributed by atoms with Gasteiger partial charge in [-0.2, -0.15) is 0 Å². The Hall–Kier alpha value is -1.30. The van der Waals surface area contributed by atoms with Gasteiger partial charge < -0.3 is 20.1 Å². The normalized spacial score (nSPS) is 22.0. The Morgan fingerprint density at radius 2 is 2.05 bits per heavy atom. The largest absolute Gasteiger partial charge is 0.497 e. The van der Waals surface area contributed by atoms with Crippen molar-refractivity contribution in [2.24, 2.45) is 5.73 Å². The molecule has 21 heavy (non-hydrogen) atoms. The van der Waals surface area contributed by atoms with E-state index in [1.165, 1.54) is 0 Å². The highest BCUT2D eigenvalue weighted by molar-refractivity contribution is 5.42. The summed E-state index contributed by atoms with van der Waals surface area (Å²) in [5, 5.41) is 0. The molecule has 5 nitrogen and oxygen atoms in total. The van der Waals surface area contributed by atoms with E-state index in [9.17, 15) is 0 Å². The fourth-order valence-electron chi connectivity index (χ4n) is 3.16. The molecular formula is C16H27N3O2. The first-order valence-electron chi connectivity index (χ1n) is 7.47. The number of likely N-dealkylation sites (N-methyl/N-ethyl adjacent to an activating group) is 1. The molecule has 2 unspecified atom stereocenters. The molecule has 5 heteroatoms. The van der Waals surface area contributed by atoms with E-state index in [0.717, 1.165) is 36.7 Å². The lowest BCUT2D eigenvalue weighted by atomic mass is 10.0. The third-order valence-electron chi connectivity index (χ3n) is 4.30. The number of nitrogens with two attached hydrogens (primary N) is 1. The van der Waals surface area contributed by atoms with Gasteiger partial charge in [0.1, 0.15) is 11.5 Å². The van der Waals surface area contributed by atoms with E-state index in [4.69, 9.17) is 15.2 Å². The average Bonchev–Trinajstić information content (AvgIpc) is 2.49. The van der Waals surface area contributed by atoms with Gasteiger partial charge in [0.2, 0.25) is 0 Å². The maximum atomic E-state index is 6.10. The molecule has 1 heterocycles. The van der Waals surface area contributed by atoms with E-state index in [2.05, 4.69) is 23.8 Å². The third kappa shape index (κ3) is 3.48. The first-order valence-corrected chi connectivity index (χ1v) is 7.47. The van der Waals surface area contributed by atoms with Gasteiger partial charge in [0.05, 0.1) is 20.3 Å². The summed E-state index contributed by atoms with van der Waals surface area (Å²) in [6.45, 7) is 5.96. The van der Waals surface area contributed by atoms with E-state index >= 15 is 0 Å². The molecular weight excluding hydrogens is 266 g/mol. The zero-order valence-corrected chi connectivity index (χ0v) is 13.5. The summed E-state index contributed by atoms with van der Waals surface area (Å²) in [6, 6.07) is 6.54. The molecule has 2 atom stereocenters. The minimum atomic E-state index is 0.152. The van der Waals surface area contributed by atoms with Crippen LogP contribution in [-0.4, -0.2) is 63.3 Å². The van der Waals surface area contributed by atoms with Crippen LogP contribution in [0.3, 0.4) is 0 Å². The Balaban J connectivity index is 2.32. The average molecular weight is 293 g/mol. The highest BCUT2D eigenvalue weighted by atomic mass is 16.5. The van der Waals surface area contributed by atoms with Gasteiger partial charge in [-0.15, -0.1) is 0 Å². The maximum Gasteiger partial charge on any atom is 0.123 e. The second-order valence-electron chi connectivity index (χ2n) is 5.71. The van der Waals surface area contributed by atoms with Crippen LogP contribution in [0.5, 0.6) is 11.5 Å². The van der Waals surface area contributed by atoms with Gasteiger partial charge in [-0.05, 0) is 32.2 Å². The van der Waals surface area contributed by atoms with Crippen LogP contribution in [0.2, 0.25) is 0 Å². The molecule has 1 saturated heterocycles. The molecule has 1 fully saturated rings. The Bertz CT molecular complexity index is 467. The first kappa shape index (κ1) is 16.1. The van der Waals surface area contributed by atoms with Crippen LogP contribution in [0.25, 0.3) is 0 Å². The van der Waals surface area contributed by atoms with Crippen molar-refractivity contribution >= 4 is 0 Å². The molecule has 2 N–H and O–H groups in total. The number of rotatable bonds is 5. The summed E-state index contributed by atoms with van der Waals surface area (Å²) >= 11 is 0. The van der Waals surface area contributed by atoms with Gasteiger partial charge in [0.25, 0.3) is 0 Å². The highest BCUT2D eigenvalue weighted by Crippen LogP contribution is 2.33. The Morgan fingerprint density at radius 1 is 1.29 bits per heavy atom. The number of methoxy groups -OCH3 is 2. The molecule has 0 radical (unpaired) electrons. The minimum Gasteiger partial charge on any atom is -0.497 e. The van der Waals surface area contributed by atoms with Gasteiger partial charge in [-0.25, -0.2) is 0 Å². The molecule has 2 rings (SSSR count). The van der Waals surface area contributed by atoms with Crippen molar-refractivity contribution in [2.45, 2.75) is 19.0 Å². The lowest BCUT2D eigenvalue weighted by molar-refractivity contribution is 0.0625. The summed E-state index contributed by atoms with van der Waals surface area (Å²) < 4.78 is 10.9. The number of benzene rings is 1. The predicted molar refractivity (Wildman–Crippen MR) is 85.0 cm³/mol. The standard InChI is InChI=1S/C16H27N3O2/c1-12-11-18(2)7-8-19(12)15(10-17)14-9-13(20-3)5-6-16(14)21-4/h5-6,9,12,15H,7-8,10-11,17H2,1-4H3. The lowest BCUT2D eigenvalue weighted by Crippen LogP contribution is -2.52. The van der Waals surface area contributed by atoms with Crippen molar-refractivity contribution in [2.75, 3.05) is 47.4 Å². The number of hydrogen-bond donors (Lipinski definition) is 1. The van der Waals surface area contributed by atoms with E-state index in [1.807, 2.05) is 18.2 Å². The van der Waals surface area contributed by atoms with Crippen molar-refractivity contribution in [3.63, 3.8) is 0 Å². The molecule has 0 amide bonds. The SMILES string of the molecule is COc1ccc(OC)c(C(CN)N2CCN(C)CC2C)c1. The molecule has 0 aromatic heterocycles. The van der Waals surface area contributed by atoms with Crippen molar-refractivity contribution < 1.29 is 9.47 Å². The molecule has 1 aliphatic heterocycles. The van der Waals surface area contributed by atoms with Crippen LogP contribution >= 0.6 is 0 Å². The predicted octanol–water partition coefficient (Wildman–Crippen LogP) is 1.34. The number of hydrogen-bond acceptors (Lipinski definition) is 5. The molecule has 0 bridgehead atoms. The summed E-state index contributed by atoms with van der Waals surface area (Å²) in [7, 11) is 5.55. The molecule has 0 spiro atoms. The molecule has 0 aliphatic carbocycles. The number of piperazine rings is 1. The second-order valence-corrected chi connectivity index (χ2v) is 5.71. The van der Waals surface area contributed by atoms with Crippen molar-refractivity contribution in [1.29, 1.82) is 0 Å². The summed E-state index contributed by atoms with van der Waals surface area (Å²) in [5.41, 5.74) is 7.20. The second kappa shape index (κ2) is 7.11. The van der Waals surface area contributed by atoms with Crippen LogP contribution in [0, 0.1) is 0 Å². The van der Waals surface area contributed by atoms with Gasteiger partial charge in [-0.1, -0.05) is 0 Å². The number of nitrogens with zero attached hydrogens (tertiary/aromatic N) is 2. The van der Waals surface area contributed by atoms with Crippen LogP contribution in [0.1, 0.15) is 18.5 Å². The fourth-order valence-corrected chi connectivity index (χ4v) is 3.16. The maximum absolute atomic E-state index is 6.10. The fraction of sp³-hybridized carbons (Fsp3) is 0.625. The van der Waals surface area contributed by atoms with Crippen LogP contribution < -0.4 is 15.2 Å². The monoisotopic (exact) mass is 293 g/mol. The highest BCUT2D eigenvalue weighted by Gasteiger charge is 2.30. The van der Waals surface area contributed by atoms with Crippen LogP contribution in [0.15, 0.2) is 18.2 Å². The van der Waals surface area contributed by atoms with E-state index in [1.54, 1.807) is 14.2 Å². The van der Waals surface area contributed by atoms with E-state index in [-0.39, 0.29) is 6.04 Å². The van der Waals surface area contributed by atoms with Crippen LogP contribution in [0.4, 0.5) is 0 Å². The zero-order chi connectivity index (χ0) is 15.4. The lowest BCUT2D eigenvalue weighted by Gasteiger charge is -2.43. The van der Waals surface area contributed by atoms with Crippen LogP contribution in [-0.2, 0) is 0 Å². The summed E-state index contributed by atoms with van der Waals surface area (Å²) in [5.74, 6) is 1.71. The van der Waals surface area contributed by atoms with Gasteiger partial charge in [-0.3, -0.25) is 4.90 Å². The van der Waals surface area contributed by atoms with Crippen molar-refractivity contribution in [1.82, 2.24) is 9.80 Å². The Kier molecular flexibility index (Phi) is 5.45. The van der Waals surface area contributed by atoms with Gasteiger partial charge >= 0.3 is 0 Å². The molecule has 1 aromatic carbocycles. The zero-order valence-electron chi connectivity index (χ0n) is 13.5. The molecule has 1 aromatic rings. The molecule has 0 saturated carbocycles. The first-order chi connectivity index (χ1) is 10.1. The van der Waals surface area contributed by atoms with Gasteiger partial charge in [0.15, 0.2) is 0 Å². The number of ether oxygens (including phenoxy) is 2.